The van der Waals surface area contributed by atoms with Gasteiger partial charge in [0.1, 0.15) is 22.3 Å². The second kappa shape index (κ2) is 16.6. The zero-order chi connectivity index (χ0) is 49.8. The maximum absolute atomic E-state index is 7.11. The Balaban J connectivity index is 0.957. The van der Waals surface area contributed by atoms with Crippen LogP contribution in [0.25, 0.3) is 155 Å². The Morgan fingerprint density at radius 2 is 0.697 bits per heavy atom. The fraction of sp³-hybridized carbons (Fsp3) is 0. The molecule has 76 heavy (non-hydrogen) atoms. The molecule has 0 N–H and O–H groups in total. The molecule has 0 aliphatic rings. The molecule has 354 valence electrons. The van der Waals surface area contributed by atoms with Gasteiger partial charge in [-0.05, 0) is 77.9 Å². The van der Waals surface area contributed by atoms with E-state index in [1.165, 1.54) is 10.8 Å². The molecule has 0 spiro atoms. The van der Waals surface area contributed by atoms with Crippen LogP contribution >= 0.6 is 0 Å². The average molecular weight is 972 g/mol. The zero-order valence-electron chi connectivity index (χ0n) is 40.7. The minimum Gasteiger partial charge on any atom is -0.455 e. The quantitative estimate of drug-likeness (QED) is 0.159. The minimum atomic E-state index is 0.540. The number of aromatic nitrogens is 5. The third kappa shape index (κ3) is 6.33. The number of hydrogen-bond donors (Lipinski definition) is 0. The molecule has 0 radical (unpaired) electrons. The van der Waals surface area contributed by atoms with Gasteiger partial charge in [-0.25, -0.2) is 15.0 Å². The predicted molar refractivity (Wildman–Crippen MR) is 310 cm³/mol. The highest BCUT2D eigenvalue weighted by Gasteiger charge is 2.25. The van der Waals surface area contributed by atoms with Crippen LogP contribution in [0.15, 0.2) is 258 Å². The maximum Gasteiger partial charge on any atom is 0.164 e. The van der Waals surface area contributed by atoms with Crippen LogP contribution in [0.3, 0.4) is 0 Å². The van der Waals surface area contributed by atoms with Gasteiger partial charge in [0.2, 0.25) is 0 Å². The molecule has 5 heterocycles. The Morgan fingerprint density at radius 3 is 1.22 bits per heavy atom. The zero-order valence-corrected chi connectivity index (χ0v) is 40.7. The van der Waals surface area contributed by atoms with E-state index in [2.05, 4.69) is 197 Å². The SMILES string of the molecule is c1ccc(-c2nc(-c3ccccc3)nc(-c3cc(-c4cccc5c4oc4ccc6c(c7ccccc7n6-c6ccccc6)c45)ccc3-c3cccc4c3oc3ccc5c(c6ccccc6n5-c5ccccc5)c34)n2)cc1. The van der Waals surface area contributed by atoms with Gasteiger partial charge in [0, 0.05) is 82.3 Å². The van der Waals surface area contributed by atoms with Crippen molar-refractivity contribution in [3.8, 4) is 67.8 Å². The molecule has 0 amide bonds. The molecular formula is C69H41N5O2. The third-order valence-electron chi connectivity index (χ3n) is 15.2. The molecule has 0 bridgehead atoms. The lowest BCUT2D eigenvalue weighted by Crippen LogP contribution is -2.01. The van der Waals surface area contributed by atoms with Crippen LogP contribution in [0.5, 0.6) is 0 Å². The van der Waals surface area contributed by atoms with Crippen molar-refractivity contribution in [2.75, 3.05) is 0 Å². The third-order valence-corrected chi connectivity index (χ3v) is 15.2. The highest BCUT2D eigenvalue weighted by Crippen LogP contribution is 2.48. The van der Waals surface area contributed by atoms with Crippen LogP contribution in [0.1, 0.15) is 0 Å². The maximum atomic E-state index is 7.11. The second-order valence-electron chi connectivity index (χ2n) is 19.4. The van der Waals surface area contributed by atoms with Crippen LogP contribution in [-0.4, -0.2) is 24.1 Å². The summed E-state index contributed by atoms with van der Waals surface area (Å²) in [5, 5.41) is 8.90. The smallest absolute Gasteiger partial charge is 0.164 e. The van der Waals surface area contributed by atoms with Crippen molar-refractivity contribution in [3.63, 3.8) is 0 Å². The Kier molecular flexibility index (Phi) is 9.20. The van der Waals surface area contributed by atoms with Gasteiger partial charge in [-0.1, -0.05) is 182 Å². The normalized spacial score (nSPS) is 11.9. The number of nitrogens with zero attached hydrogens (tertiary/aromatic N) is 5. The van der Waals surface area contributed by atoms with Gasteiger partial charge < -0.3 is 18.0 Å². The number of fused-ring (bicyclic) bond motifs is 14. The summed E-state index contributed by atoms with van der Waals surface area (Å²) in [5.41, 5.74) is 16.4. The Morgan fingerprint density at radius 1 is 0.263 bits per heavy atom. The van der Waals surface area contributed by atoms with Crippen molar-refractivity contribution >= 4 is 87.5 Å². The number of para-hydroxylation sites is 6. The summed E-state index contributed by atoms with van der Waals surface area (Å²) in [4.78, 5) is 15.8. The molecule has 11 aromatic carbocycles. The highest BCUT2D eigenvalue weighted by molar-refractivity contribution is 6.30. The van der Waals surface area contributed by atoms with E-state index in [1.54, 1.807) is 0 Å². The summed E-state index contributed by atoms with van der Waals surface area (Å²) < 4.78 is 18.9. The second-order valence-corrected chi connectivity index (χ2v) is 19.4. The first-order valence-corrected chi connectivity index (χ1v) is 25.6. The van der Waals surface area contributed by atoms with E-state index >= 15 is 0 Å². The first-order chi connectivity index (χ1) is 37.7. The molecule has 7 heteroatoms. The van der Waals surface area contributed by atoms with Crippen molar-refractivity contribution in [3.05, 3.63) is 249 Å². The largest absolute Gasteiger partial charge is 0.455 e. The van der Waals surface area contributed by atoms with E-state index in [9.17, 15) is 0 Å². The number of hydrogen-bond acceptors (Lipinski definition) is 5. The van der Waals surface area contributed by atoms with E-state index in [1.807, 2.05) is 60.7 Å². The Labute approximate surface area is 434 Å². The summed E-state index contributed by atoms with van der Waals surface area (Å²) in [7, 11) is 0. The van der Waals surface area contributed by atoms with E-state index in [-0.39, 0.29) is 0 Å². The predicted octanol–water partition coefficient (Wildman–Crippen LogP) is 18.2. The molecule has 0 aliphatic carbocycles. The van der Waals surface area contributed by atoms with Crippen molar-refractivity contribution in [1.29, 1.82) is 0 Å². The average Bonchev–Trinajstić information content (AvgIpc) is 4.32. The highest BCUT2D eigenvalue weighted by atomic mass is 16.3. The number of furan rings is 2. The van der Waals surface area contributed by atoms with Crippen molar-refractivity contribution in [2.45, 2.75) is 0 Å². The molecule has 0 saturated heterocycles. The molecule has 5 aromatic heterocycles. The molecule has 0 unspecified atom stereocenters. The lowest BCUT2D eigenvalue weighted by Gasteiger charge is -2.14. The molecule has 0 fully saturated rings. The van der Waals surface area contributed by atoms with E-state index in [0.29, 0.717) is 17.5 Å². The Hall–Kier alpha value is -10.4. The number of rotatable bonds is 7. The summed E-state index contributed by atoms with van der Waals surface area (Å²) in [6.07, 6.45) is 0. The molecule has 16 rings (SSSR count). The molecule has 16 aromatic rings. The van der Waals surface area contributed by atoms with Crippen LogP contribution in [0.4, 0.5) is 0 Å². The molecule has 0 atom stereocenters. The summed E-state index contributed by atoms with van der Waals surface area (Å²) in [6, 6.07) is 87.0. The van der Waals surface area contributed by atoms with E-state index < -0.39 is 0 Å². The molecule has 0 saturated carbocycles. The Bertz CT molecular complexity index is 4920. The van der Waals surface area contributed by atoms with Crippen molar-refractivity contribution in [2.24, 2.45) is 0 Å². The van der Waals surface area contributed by atoms with Gasteiger partial charge in [0.15, 0.2) is 17.5 Å². The van der Waals surface area contributed by atoms with Gasteiger partial charge in [-0.15, -0.1) is 0 Å². The van der Waals surface area contributed by atoms with Crippen molar-refractivity contribution < 1.29 is 8.83 Å². The molecule has 7 nitrogen and oxygen atoms in total. The standard InChI is InChI=1S/C69H41N5O2/c1-5-19-42(20-6-1)67-70-68(43-21-7-2-8-22-43)72-69(71-67)54-41-44(47-29-17-31-52-63-59(75-65(47)52)39-37-57-61(63)50-27-13-15-33-55(50)73(57)45-23-9-3-10-24-45)35-36-48(54)49-30-18-32-53-64-60(76-66(49)53)40-38-58-62(64)51-28-14-16-34-56(51)74(58)46-25-11-4-12-26-46/h1-41H. The van der Waals surface area contributed by atoms with Crippen LogP contribution in [0.2, 0.25) is 0 Å². The first-order valence-electron chi connectivity index (χ1n) is 25.6. The molecule has 0 aliphatic heterocycles. The fourth-order valence-electron chi connectivity index (χ4n) is 11.9. The van der Waals surface area contributed by atoms with Gasteiger partial charge in [0.25, 0.3) is 0 Å². The summed E-state index contributed by atoms with van der Waals surface area (Å²) >= 11 is 0. The monoisotopic (exact) mass is 971 g/mol. The summed E-state index contributed by atoms with van der Waals surface area (Å²) in [6.45, 7) is 0. The van der Waals surface area contributed by atoms with Gasteiger partial charge in [-0.3, -0.25) is 0 Å². The van der Waals surface area contributed by atoms with Gasteiger partial charge >= 0.3 is 0 Å². The van der Waals surface area contributed by atoms with E-state index in [0.717, 1.165) is 127 Å². The minimum absolute atomic E-state index is 0.540. The lowest BCUT2D eigenvalue weighted by molar-refractivity contribution is 0.670. The van der Waals surface area contributed by atoms with Gasteiger partial charge in [-0.2, -0.15) is 0 Å². The lowest BCUT2D eigenvalue weighted by atomic mass is 9.92. The van der Waals surface area contributed by atoms with Crippen LogP contribution in [-0.2, 0) is 0 Å². The van der Waals surface area contributed by atoms with E-state index in [4.69, 9.17) is 23.8 Å². The first kappa shape index (κ1) is 42.2. The van der Waals surface area contributed by atoms with Gasteiger partial charge in [0.05, 0.1) is 22.1 Å². The summed E-state index contributed by atoms with van der Waals surface area (Å²) in [5.74, 6) is 1.70. The van der Waals surface area contributed by atoms with Crippen LogP contribution in [0, 0.1) is 0 Å². The van der Waals surface area contributed by atoms with Crippen molar-refractivity contribution in [1.82, 2.24) is 24.1 Å². The topological polar surface area (TPSA) is 74.8 Å². The fourth-order valence-corrected chi connectivity index (χ4v) is 11.9. The molecular weight excluding hydrogens is 931 g/mol. The number of benzene rings is 11. The van der Waals surface area contributed by atoms with Crippen LogP contribution < -0.4 is 0 Å².